The molecule has 260 valence electrons. The van der Waals surface area contributed by atoms with Gasteiger partial charge in [0.2, 0.25) is 17.6 Å². The number of rotatable bonds is 6. The maximum absolute atomic E-state index is 15.2. The molecule has 2 saturated heterocycles. The molecule has 0 bridgehead atoms. The second-order valence-electron chi connectivity index (χ2n) is 12.3. The number of ether oxygens (including phenoxy) is 1. The highest BCUT2D eigenvalue weighted by Crippen LogP contribution is 2.66. The first-order valence-electron chi connectivity index (χ1n) is 15.1. The van der Waals surface area contributed by atoms with E-state index < -0.39 is 98.2 Å². The summed E-state index contributed by atoms with van der Waals surface area (Å²) in [5.41, 5.74) is -1.03. The zero-order chi connectivity index (χ0) is 36.0. The van der Waals surface area contributed by atoms with Gasteiger partial charge in [-0.05, 0) is 60.7 Å². The quantitative estimate of drug-likeness (QED) is 0.0787. The molecule has 16 heteroatoms. The Bertz CT molecular complexity index is 2010. The van der Waals surface area contributed by atoms with E-state index in [4.69, 9.17) is 33.0 Å². The second kappa shape index (κ2) is 12.1. The first kappa shape index (κ1) is 34.6. The Hall–Kier alpha value is -3.85. The van der Waals surface area contributed by atoms with Gasteiger partial charge in [0.25, 0.3) is 11.8 Å². The summed E-state index contributed by atoms with van der Waals surface area (Å²) < 4.78 is 79.4. The van der Waals surface area contributed by atoms with E-state index in [2.05, 4.69) is 15.9 Å². The maximum Gasteiger partial charge on any atom is 0.258 e. The highest BCUT2D eigenvalue weighted by Gasteiger charge is 2.77. The summed E-state index contributed by atoms with van der Waals surface area (Å²) in [4.78, 5) is 52.1. The Labute approximate surface area is 298 Å². The minimum Gasteiger partial charge on any atom is -0.491 e. The lowest BCUT2D eigenvalue weighted by Crippen LogP contribution is -2.60. The predicted molar refractivity (Wildman–Crippen MR) is 172 cm³/mol. The molecule has 2 heterocycles. The van der Waals surface area contributed by atoms with E-state index in [1.165, 1.54) is 24.3 Å². The molecule has 0 spiro atoms. The summed E-state index contributed by atoms with van der Waals surface area (Å²) in [6, 6.07) is 12.2. The van der Waals surface area contributed by atoms with Crippen LogP contribution < -0.4 is 14.5 Å². The zero-order valence-corrected chi connectivity index (χ0v) is 28.3. The zero-order valence-electron chi connectivity index (χ0n) is 25.2. The van der Waals surface area contributed by atoms with Crippen molar-refractivity contribution in [2.75, 3.05) is 23.0 Å². The van der Waals surface area contributed by atoms with E-state index in [-0.39, 0.29) is 41.5 Å². The summed E-state index contributed by atoms with van der Waals surface area (Å²) in [6.07, 6.45) is 1.01. The Kier molecular flexibility index (Phi) is 8.40. The molecule has 6 atom stereocenters. The van der Waals surface area contributed by atoms with Crippen molar-refractivity contribution in [3.05, 3.63) is 99.3 Å². The number of halogens is 8. The van der Waals surface area contributed by atoms with Gasteiger partial charge in [-0.1, -0.05) is 39.7 Å². The van der Waals surface area contributed by atoms with Crippen LogP contribution in [0.25, 0.3) is 0 Å². The first-order valence-corrected chi connectivity index (χ1v) is 16.7. The van der Waals surface area contributed by atoms with Crippen LogP contribution in [0.2, 0.25) is 0 Å². The minimum absolute atomic E-state index is 0.00798. The number of benzene rings is 3. The van der Waals surface area contributed by atoms with Gasteiger partial charge in [0, 0.05) is 10.4 Å². The number of aliphatic hydroxyl groups is 1. The number of carbonyl (C=O) groups is 4. The lowest BCUT2D eigenvalue weighted by Gasteiger charge is -2.50. The van der Waals surface area contributed by atoms with Gasteiger partial charge < -0.3 is 9.84 Å². The highest BCUT2D eigenvalue weighted by atomic mass is 79.9. The minimum atomic E-state index is -2.63. The molecule has 1 N–H and O–H groups in total. The summed E-state index contributed by atoms with van der Waals surface area (Å²) in [6.45, 7) is -0.354. The Morgan fingerprint density at radius 3 is 2.00 bits per heavy atom. The largest absolute Gasteiger partial charge is 0.491 e. The van der Waals surface area contributed by atoms with E-state index in [0.29, 0.717) is 10.0 Å². The van der Waals surface area contributed by atoms with Crippen LogP contribution in [0.3, 0.4) is 0 Å². The van der Waals surface area contributed by atoms with Gasteiger partial charge in [-0.3, -0.25) is 24.1 Å². The van der Waals surface area contributed by atoms with E-state index >= 15 is 8.78 Å². The monoisotopic (exact) mass is 798 g/mol. The number of carbonyl (C=O) groups excluding carboxylic acids is 4. The molecule has 6 unspecified atom stereocenters. The molecule has 0 radical (unpaired) electrons. The van der Waals surface area contributed by atoms with E-state index in [0.717, 1.165) is 4.90 Å². The summed E-state index contributed by atoms with van der Waals surface area (Å²) in [5.74, 6) is -20.7. The van der Waals surface area contributed by atoms with Crippen molar-refractivity contribution in [3.8, 4) is 5.75 Å². The third-order valence-corrected chi connectivity index (χ3v) is 11.8. The van der Waals surface area contributed by atoms with Crippen molar-refractivity contribution in [2.45, 2.75) is 28.5 Å². The van der Waals surface area contributed by atoms with Crippen LogP contribution in [0, 0.1) is 46.8 Å². The molecule has 4 amide bonds. The molecule has 1 saturated carbocycles. The predicted octanol–water partition coefficient (Wildman–Crippen LogP) is 6.28. The molecule has 3 aromatic rings. The standard InChI is InChI=1S/C34H22BrCl2F5N2O6/c35-15-3-5-16(6-4-15)43-29(46)19-10-9-18-20(21(19)30(43)47)13-33(36)31(48)44(28-26(41)24(39)23(38)25(40)27(28)42)32(49)34(33,37)22(18)14-1-7-17(8-2-14)50-12-11-45/h1-9,19-22,45H,10-13H2. The van der Waals surface area contributed by atoms with Crippen LogP contribution in [0.1, 0.15) is 24.3 Å². The van der Waals surface area contributed by atoms with Crippen molar-refractivity contribution < 1.29 is 51.0 Å². The summed E-state index contributed by atoms with van der Waals surface area (Å²) in [5, 5.41) is 9.14. The van der Waals surface area contributed by atoms with Crippen LogP contribution >= 0.6 is 39.1 Å². The molecule has 3 fully saturated rings. The smallest absolute Gasteiger partial charge is 0.258 e. The van der Waals surface area contributed by atoms with Gasteiger partial charge >= 0.3 is 0 Å². The summed E-state index contributed by atoms with van der Waals surface area (Å²) in [7, 11) is 0. The normalized spacial score (nSPS) is 28.9. The van der Waals surface area contributed by atoms with E-state index in [1.54, 1.807) is 30.3 Å². The molecule has 50 heavy (non-hydrogen) atoms. The van der Waals surface area contributed by atoms with Crippen LogP contribution in [0.15, 0.2) is 64.7 Å². The van der Waals surface area contributed by atoms with Crippen molar-refractivity contribution in [2.24, 2.45) is 17.8 Å². The summed E-state index contributed by atoms with van der Waals surface area (Å²) >= 11 is 17.6. The number of nitrogens with zero attached hydrogens (tertiary/aromatic N) is 2. The number of amides is 4. The number of alkyl halides is 2. The Morgan fingerprint density at radius 2 is 1.40 bits per heavy atom. The maximum atomic E-state index is 15.2. The van der Waals surface area contributed by atoms with Gasteiger partial charge in [0.15, 0.2) is 33.0 Å². The van der Waals surface area contributed by atoms with Gasteiger partial charge in [-0.15, -0.1) is 23.2 Å². The number of hydrogen-bond donors (Lipinski definition) is 1. The Balaban J connectivity index is 1.40. The molecule has 8 nitrogen and oxygen atoms in total. The molecule has 2 aliphatic heterocycles. The average molecular weight is 800 g/mol. The number of aliphatic hydroxyl groups excluding tert-OH is 1. The van der Waals surface area contributed by atoms with Crippen LogP contribution in [-0.2, 0) is 19.2 Å². The van der Waals surface area contributed by atoms with E-state index in [1.807, 2.05) is 0 Å². The van der Waals surface area contributed by atoms with Gasteiger partial charge in [0.1, 0.15) is 18.0 Å². The number of anilines is 2. The molecule has 0 aromatic heterocycles. The SMILES string of the molecule is O=C1C2CC=C3C(CC4(Cl)C(=O)N(c5c(F)c(F)c(F)c(F)c5F)C(=O)C4(Cl)C3c3ccc(OCCO)cc3)C2C(=O)N1c1ccc(Br)cc1. The van der Waals surface area contributed by atoms with Crippen molar-refractivity contribution in [1.82, 2.24) is 0 Å². The molecule has 7 rings (SSSR count). The average Bonchev–Trinajstić information content (AvgIpc) is 3.44. The van der Waals surface area contributed by atoms with Gasteiger partial charge in [-0.25, -0.2) is 26.9 Å². The number of allylic oxidation sites excluding steroid dienone is 2. The first-order chi connectivity index (χ1) is 23.7. The number of fused-ring (bicyclic) bond motifs is 4. The fourth-order valence-corrected chi connectivity index (χ4v) is 8.90. The van der Waals surface area contributed by atoms with Crippen molar-refractivity contribution >= 4 is 74.1 Å². The van der Waals surface area contributed by atoms with Gasteiger partial charge in [-0.2, -0.15) is 0 Å². The van der Waals surface area contributed by atoms with Crippen LogP contribution in [0.5, 0.6) is 5.75 Å². The third-order valence-electron chi connectivity index (χ3n) is 9.88. The molecule has 3 aromatic carbocycles. The lowest BCUT2D eigenvalue weighted by atomic mass is 9.56. The fraction of sp³-hybridized carbons (Fsp3) is 0.294. The molecular formula is C34H22BrCl2F5N2O6. The third kappa shape index (κ3) is 4.64. The number of imide groups is 2. The Morgan fingerprint density at radius 1 is 0.800 bits per heavy atom. The fourth-order valence-electron chi connectivity index (χ4n) is 7.71. The lowest BCUT2D eigenvalue weighted by molar-refractivity contribution is -0.125. The van der Waals surface area contributed by atoms with Gasteiger partial charge in [0.05, 0.1) is 24.1 Å². The molecule has 2 aliphatic carbocycles. The van der Waals surface area contributed by atoms with E-state index in [9.17, 15) is 32.3 Å². The van der Waals surface area contributed by atoms with Crippen molar-refractivity contribution in [1.29, 1.82) is 0 Å². The van der Waals surface area contributed by atoms with Crippen molar-refractivity contribution in [3.63, 3.8) is 0 Å². The topological polar surface area (TPSA) is 104 Å². The van der Waals surface area contributed by atoms with Crippen LogP contribution in [-0.4, -0.2) is 51.7 Å². The molecule has 4 aliphatic rings. The second-order valence-corrected chi connectivity index (χ2v) is 14.5. The molecular weight excluding hydrogens is 778 g/mol. The number of hydrogen-bond acceptors (Lipinski definition) is 6. The van der Waals surface area contributed by atoms with Crippen LogP contribution in [0.4, 0.5) is 33.3 Å². The highest BCUT2D eigenvalue weighted by molar-refractivity contribution is 9.10.